The van der Waals surface area contributed by atoms with Crippen LogP contribution < -0.4 is 21.3 Å². The number of hydrogen-bond acceptors (Lipinski definition) is 9. The van der Waals surface area contributed by atoms with Gasteiger partial charge in [0.25, 0.3) is 0 Å². The highest BCUT2D eigenvalue weighted by Gasteiger charge is 2.23. The van der Waals surface area contributed by atoms with E-state index in [1.165, 1.54) is 6.20 Å². The van der Waals surface area contributed by atoms with Crippen molar-refractivity contribution in [3.63, 3.8) is 0 Å². The number of rotatable bonds is 9. The number of nitrogens with zero attached hydrogens (tertiary/aromatic N) is 3. The van der Waals surface area contributed by atoms with Crippen molar-refractivity contribution in [1.29, 1.82) is 0 Å². The van der Waals surface area contributed by atoms with Crippen LogP contribution in [0.1, 0.15) is 19.4 Å². The summed E-state index contributed by atoms with van der Waals surface area (Å²) in [7, 11) is -3.53. The van der Waals surface area contributed by atoms with Crippen LogP contribution in [0.3, 0.4) is 0 Å². The molecule has 1 aliphatic heterocycles. The number of carbonyl (C=O) groups excluding carboxylic acids is 1. The van der Waals surface area contributed by atoms with E-state index >= 15 is 0 Å². The average Bonchev–Trinajstić information content (AvgIpc) is 2.88. The van der Waals surface area contributed by atoms with Gasteiger partial charge >= 0.3 is 0 Å². The lowest BCUT2D eigenvalue weighted by molar-refractivity contribution is -0.117. The van der Waals surface area contributed by atoms with Gasteiger partial charge in [0.05, 0.1) is 28.6 Å². The quantitative estimate of drug-likeness (QED) is 0.309. The van der Waals surface area contributed by atoms with Crippen molar-refractivity contribution < 1.29 is 13.2 Å². The number of piperazine rings is 1. The standard InChI is InChI=1S/C26H32ClN7O3S/c1-17(2)38(36,37)23-7-5-4-6-21(23)31-25-20(27)15-29-26(33-25)32-22-14-19(9-8-18(22)3)30-24(35)16-34-12-10-28-11-13-34/h4-9,14-15,17,28H,10-13,16H2,1-3H3,(H,30,35)(H2,29,31,32,33). The SMILES string of the molecule is Cc1ccc(NC(=O)CN2CCNCC2)cc1Nc1ncc(Cl)c(Nc2ccccc2S(=O)(=O)C(C)C)n1. The van der Waals surface area contributed by atoms with Gasteiger partial charge in [-0.1, -0.05) is 29.8 Å². The van der Waals surface area contributed by atoms with E-state index in [0.717, 1.165) is 31.7 Å². The molecule has 0 unspecified atom stereocenters. The number of aryl methyl sites for hydroxylation is 1. The largest absolute Gasteiger partial charge is 0.338 e. The Bertz CT molecular complexity index is 1410. The molecule has 0 spiro atoms. The summed E-state index contributed by atoms with van der Waals surface area (Å²) in [4.78, 5) is 23.6. The maximum atomic E-state index is 12.8. The number of nitrogens with one attached hydrogen (secondary N) is 4. The molecule has 12 heteroatoms. The highest BCUT2D eigenvalue weighted by Crippen LogP contribution is 2.31. The van der Waals surface area contributed by atoms with E-state index in [1.807, 2.05) is 25.1 Å². The van der Waals surface area contributed by atoms with Gasteiger partial charge in [-0.3, -0.25) is 9.69 Å². The second-order valence-electron chi connectivity index (χ2n) is 9.33. The Balaban J connectivity index is 1.51. The molecule has 38 heavy (non-hydrogen) atoms. The number of aromatic nitrogens is 2. The maximum absolute atomic E-state index is 12.8. The van der Waals surface area contributed by atoms with Crippen LogP contribution in [0, 0.1) is 6.92 Å². The Hall–Kier alpha value is -3.25. The van der Waals surface area contributed by atoms with Crippen LogP contribution in [0.5, 0.6) is 0 Å². The molecule has 0 saturated carbocycles. The molecule has 0 aliphatic carbocycles. The molecule has 0 atom stereocenters. The molecule has 2 heterocycles. The summed E-state index contributed by atoms with van der Waals surface area (Å²) in [6, 6.07) is 12.2. The van der Waals surface area contributed by atoms with E-state index < -0.39 is 15.1 Å². The summed E-state index contributed by atoms with van der Waals surface area (Å²) in [5.74, 6) is 0.438. The molecule has 2 aromatic carbocycles. The molecular weight excluding hydrogens is 526 g/mol. The lowest BCUT2D eigenvalue weighted by Gasteiger charge is -2.26. The van der Waals surface area contributed by atoms with E-state index in [4.69, 9.17) is 11.6 Å². The lowest BCUT2D eigenvalue weighted by atomic mass is 10.2. The van der Waals surface area contributed by atoms with Crippen LogP contribution in [-0.2, 0) is 14.6 Å². The minimum absolute atomic E-state index is 0.0778. The van der Waals surface area contributed by atoms with E-state index in [1.54, 1.807) is 38.1 Å². The van der Waals surface area contributed by atoms with Crippen molar-refractivity contribution >= 4 is 56.2 Å². The highest BCUT2D eigenvalue weighted by atomic mass is 35.5. The number of carbonyl (C=O) groups is 1. The van der Waals surface area contributed by atoms with Crippen LogP contribution in [0.4, 0.5) is 28.8 Å². The Labute approximate surface area is 228 Å². The Kier molecular flexibility index (Phi) is 8.83. The topological polar surface area (TPSA) is 128 Å². The molecular formula is C26H32ClN7O3S. The molecule has 1 amide bonds. The van der Waals surface area contributed by atoms with Crippen LogP contribution in [0.2, 0.25) is 5.02 Å². The van der Waals surface area contributed by atoms with Gasteiger partial charge in [-0.15, -0.1) is 0 Å². The zero-order valence-corrected chi connectivity index (χ0v) is 23.2. The summed E-state index contributed by atoms with van der Waals surface area (Å²) in [5.41, 5.74) is 2.66. The molecule has 3 aromatic rings. The van der Waals surface area contributed by atoms with E-state index in [-0.39, 0.29) is 27.6 Å². The average molecular weight is 558 g/mol. The van der Waals surface area contributed by atoms with Crippen molar-refractivity contribution in [3.8, 4) is 0 Å². The molecule has 0 bridgehead atoms. The molecule has 0 radical (unpaired) electrons. The van der Waals surface area contributed by atoms with Crippen LogP contribution in [0.25, 0.3) is 0 Å². The zero-order valence-electron chi connectivity index (χ0n) is 21.6. The van der Waals surface area contributed by atoms with Gasteiger partial charge in [-0.2, -0.15) is 4.98 Å². The first-order chi connectivity index (χ1) is 18.1. The van der Waals surface area contributed by atoms with Crippen molar-refractivity contribution in [1.82, 2.24) is 20.2 Å². The minimum atomic E-state index is -3.53. The van der Waals surface area contributed by atoms with Crippen LogP contribution >= 0.6 is 11.6 Å². The number of sulfone groups is 1. The number of halogens is 1. The van der Waals surface area contributed by atoms with Gasteiger partial charge in [-0.05, 0) is 50.6 Å². The fourth-order valence-corrected chi connectivity index (χ4v) is 5.28. The first kappa shape index (κ1) is 27.8. The summed E-state index contributed by atoms with van der Waals surface area (Å²) in [6.07, 6.45) is 1.44. The van der Waals surface area contributed by atoms with Gasteiger partial charge in [0.2, 0.25) is 11.9 Å². The van der Waals surface area contributed by atoms with E-state index in [9.17, 15) is 13.2 Å². The zero-order chi connectivity index (χ0) is 27.3. The number of benzene rings is 2. The first-order valence-corrected chi connectivity index (χ1v) is 14.3. The van der Waals surface area contributed by atoms with Crippen LogP contribution in [-0.4, -0.2) is 67.2 Å². The summed E-state index contributed by atoms with van der Waals surface area (Å²) < 4.78 is 25.7. The molecule has 1 saturated heterocycles. The predicted octanol–water partition coefficient (Wildman–Crippen LogP) is 3.95. The fraction of sp³-hybridized carbons (Fsp3) is 0.346. The molecule has 1 aromatic heterocycles. The minimum Gasteiger partial charge on any atom is -0.338 e. The third-order valence-electron chi connectivity index (χ3n) is 6.16. The molecule has 1 aliphatic rings. The monoisotopic (exact) mass is 557 g/mol. The van der Waals surface area contributed by atoms with Gasteiger partial charge in [0, 0.05) is 37.6 Å². The predicted molar refractivity (Wildman–Crippen MR) is 151 cm³/mol. The van der Waals surface area contributed by atoms with Gasteiger partial charge in [0.15, 0.2) is 15.7 Å². The lowest BCUT2D eigenvalue weighted by Crippen LogP contribution is -2.46. The highest BCUT2D eigenvalue weighted by molar-refractivity contribution is 7.92. The first-order valence-electron chi connectivity index (χ1n) is 12.4. The van der Waals surface area contributed by atoms with Gasteiger partial charge < -0.3 is 21.3 Å². The molecule has 4 rings (SSSR count). The number of hydrogen-bond donors (Lipinski definition) is 4. The second kappa shape index (κ2) is 12.1. The van der Waals surface area contributed by atoms with Crippen molar-refractivity contribution in [3.05, 3.63) is 59.2 Å². The molecule has 10 nitrogen and oxygen atoms in total. The number of amides is 1. The summed E-state index contributed by atoms with van der Waals surface area (Å²) in [6.45, 7) is 8.97. The normalized spacial score (nSPS) is 14.3. The smallest absolute Gasteiger partial charge is 0.238 e. The fourth-order valence-electron chi connectivity index (χ4n) is 3.94. The van der Waals surface area contributed by atoms with Gasteiger partial charge in [-0.25, -0.2) is 13.4 Å². The Morgan fingerprint density at radius 1 is 1.11 bits per heavy atom. The second-order valence-corrected chi connectivity index (χ2v) is 12.2. The molecule has 4 N–H and O–H groups in total. The van der Waals surface area contributed by atoms with Crippen molar-refractivity contribution in [2.24, 2.45) is 0 Å². The molecule has 1 fully saturated rings. The summed E-state index contributed by atoms with van der Waals surface area (Å²) >= 11 is 6.35. The van der Waals surface area contributed by atoms with E-state index in [0.29, 0.717) is 23.6 Å². The Morgan fingerprint density at radius 2 is 1.84 bits per heavy atom. The third kappa shape index (κ3) is 6.79. The third-order valence-corrected chi connectivity index (χ3v) is 8.64. The van der Waals surface area contributed by atoms with E-state index in [2.05, 4.69) is 36.1 Å². The van der Waals surface area contributed by atoms with Crippen molar-refractivity contribution in [2.75, 3.05) is 48.7 Å². The molecule has 202 valence electrons. The maximum Gasteiger partial charge on any atom is 0.238 e. The van der Waals surface area contributed by atoms with Crippen LogP contribution in [0.15, 0.2) is 53.6 Å². The van der Waals surface area contributed by atoms with Gasteiger partial charge in [0.1, 0.15) is 5.02 Å². The number of para-hydroxylation sites is 1. The summed E-state index contributed by atoms with van der Waals surface area (Å²) in [5, 5.41) is 12.1. The number of anilines is 5. The Morgan fingerprint density at radius 3 is 2.58 bits per heavy atom. The van der Waals surface area contributed by atoms with Crippen molar-refractivity contribution in [2.45, 2.75) is 30.9 Å².